The van der Waals surface area contributed by atoms with Crippen LogP contribution in [0, 0.1) is 0 Å². The first-order valence-corrected chi connectivity index (χ1v) is 21.8. The monoisotopic (exact) mass is 798 g/mol. The molecule has 0 spiro atoms. The van der Waals surface area contributed by atoms with Crippen LogP contribution in [0.2, 0.25) is 0 Å². The minimum Gasteiger partial charge on any atom is -0.379 e. The second-order valence-corrected chi connectivity index (χ2v) is 13.7. The van der Waals surface area contributed by atoms with Crippen LogP contribution in [-0.4, -0.2) is 184 Å². The zero-order chi connectivity index (χ0) is 39.6. The summed E-state index contributed by atoms with van der Waals surface area (Å²) in [6.45, 7) is 16.8. The van der Waals surface area contributed by atoms with Crippen molar-refractivity contribution in [3.63, 3.8) is 0 Å². The molecule has 0 aromatic carbocycles. The Balaban J connectivity index is 3.05. The first-order valence-electron chi connectivity index (χ1n) is 21.8. The SMILES string of the molecule is CCCCCCCCCCCCCCCCOCCOCCOCCOCCOCCOCCOCCOCCOCCOCCOCCOCCN(C)C. The van der Waals surface area contributed by atoms with Gasteiger partial charge in [-0.3, -0.25) is 0 Å². The van der Waals surface area contributed by atoms with E-state index >= 15 is 0 Å². The molecule has 0 aliphatic carbocycles. The summed E-state index contributed by atoms with van der Waals surface area (Å²) in [5.74, 6) is 0. The average Bonchev–Trinajstić information content (AvgIpc) is 3.18. The van der Waals surface area contributed by atoms with E-state index in [4.69, 9.17) is 56.8 Å². The Morgan fingerprint density at radius 3 is 0.618 bits per heavy atom. The summed E-state index contributed by atoms with van der Waals surface area (Å²) in [6, 6.07) is 0. The standard InChI is InChI=1S/C42H87NO12/c1-4-5-6-7-8-9-10-11-12-13-14-15-16-17-19-44-21-23-46-25-27-48-29-31-50-33-35-52-37-39-54-41-42-55-40-38-53-36-34-51-32-30-49-28-26-47-24-22-45-20-18-43(2)3/h4-42H2,1-3H3. The molecule has 0 amide bonds. The van der Waals surface area contributed by atoms with Gasteiger partial charge in [0.15, 0.2) is 0 Å². The lowest BCUT2D eigenvalue weighted by molar-refractivity contribution is -0.0284. The summed E-state index contributed by atoms with van der Waals surface area (Å²) in [4.78, 5) is 2.09. The van der Waals surface area contributed by atoms with E-state index in [-0.39, 0.29) is 0 Å². The highest BCUT2D eigenvalue weighted by atomic mass is 16.6. The predicted molar refractivity (Wildman–Crippen MR) is 219 cm³/mol. The number of rotatable bonds is 51. The van der Waals surface area contributed by atoms with Crippen LogP contribution >= 0.6 is 0 Å². The predicted octanol–water partition coefficient (Wildman–Crippen LogP) is 6.23. The molecule has 55 heavy (non-hydrogen) atoms. The Bertz CT molecular complexity index is 668. The highest BCUT2D eigenvalue weighted by Crippen LogP contribution is 2.13. The lowest BCUT2D eigenvalue weighted by atomic mass is 10.0. The van der Waals surface area contributed by atoms with E-state index in [9.17, 15) is 0 Å². The van der Waals surface area contributed by atoms with Gasteiger partial charge in [-0.15, -0.1) is 0 Å². The number of nitrogens with zero attached hydrogens (tertiary/aromatic N) is 1. The van der Waals surface area contributed by atoms with Crippen LogP contribution in [0.1, 0.15) is 96.8 Å². The van der Waals surface area contributed by atoms with Gasteiger partial charge in [0.2, 0.25) is 0 Å². The molecule has 0 bridgehead atoms. The molecule has 0 aromatic heterocycles. The summed E-state index contributed by atoms with van der Waals surface area (Å²) in [5, 5.41) is 0. The van der Waals surface area contributed by atoms with Crippen molar-refractivity contribution >= 4 is 0 Å². The number of likely N-dealkylation sites (N-methyl/N-ethyl adjacent to an activating group) is 1. The molecule has 0 unspecified atom stereocenters. The molecular weight excluding hydrogens is 710 g/mol. The van der Waals surface area contributed by atoms with Crippen LogP contribution in [0.25, 0.3) is 0 Å². The van der Waals surface area contributed by atoms with E-state index < -0.39 is 0 Å². The van der Waals surface area contributed by atoms with Gasteiger partial charge in [0, 0.05) is 13.2 Å². The largest absolute Gasteiger partial charge is 0.379 e. The fourth-order valence-electron chi connectivity index (χ4n) is 5.17. The second kappa shape index (κ2) is 51.5. The minimum absolute atomic E-state index is 0.520. The van der Waals surface area contributed by atoms with Gasteiger partial charge in [-0.05, 0) is 20.5 Å². The molecule has 0 aliphatic heterocycles. The zero-order valence-electron chi connectivity index (χ0n) is 35.9. The van der Waals surface area contributed by atoms with Crippen molar-refractivity contribution in [3.05, 3.63) is 0 Å². The third-order valence-corrected chi connectivity index (χ3v) is 8.42. The Labute approximate surface area is 337 Å². The van der Waals surface area contributed by atoms with Crippen molar-refractivity contribution in [1.29, 1.82) is 0 Å². The van der Waals surface area contributed by atoms with Crippen LogP contribution < -0.4 is 0 Å². The normalized spacial score (nSPS) is 11.8. The molecule has 0 saturated heterocycles. The Morgan fingerprint density at radius 1 is 0.218 bits per heavy atom. The van der Waals surface area contributed by atoms with Crippen LogP contribution in [0.3, 0.4) is 0 Å². The minimum atomic E-state index is 0.520. The molecule has 0 aromatic rings. The fourth-order valence-corrected chi connectivity index (χ4v) is 5.17. The molecule has 332 valence electrons. The van der Waals surface area contributed by atoms with Gasteiger partial charge in [-0.2, -0.15) is 0 Å². The van der Waals surface area contributed by atoms with Gasteiger partial charge in [-0.1, -0.05) is 90.4 Å². The molecule has 0 atom stereocenters. The second-order valence-electron chi connectivity index (χ2n) is 13.7. The van der Waals surface area contributed by atoms with Gasteiger partial charge in [0.25, 0.3) is 0 Å². The van der Waals surface area contributed by atoms with Gasteiger partial charge in [-0.25, -0.2) is 0 Å². The molecule has 13 nitrogen and oxygen atoms in total. The van der Waals surface area contributed by atoms with Gasteiger partial charge in [0.1, 0.15) is 0 Å². The topological polar surface area (TPSA) is 114 Å². The molecule has 0 aliphatic rings. The molecule has 13 heteroatoms. The van der Waals surface area contributed by atoms with E-state index in [0.717, 1.165) is 26.2 Å². The first-order chi connectivity index (χ1) is 27.3. The summed E-state index contributed by atoms with van der Waals surface area (Å²) in [5.41, 5.74) is 0. The highest BCUT2D eigenvalue weighted by Gasteiger charge is 1.98. The van der Waals surface area contributed by atoms with Crippen LogP contribution in [0.4, 0.5) is 0 Å². The van der Waals surface area contributed by atoms with Crippen molar-refractivity contribution in [1.82, 2.24) is 4.90 Å². The average molecular weight is 798 g/mol. The maximum absolute atomic E-state index is 5.69. The highest BCUT2D eigenvalue weighted by molar-refractivity contribution is 4.50. The number of ether oxygens (including phenoxy) is 12. The summed E-state index contributed by atoms with van der Waals surface area (Å²) < 4.78 is 66.3. The zero-order valence-corrected chi connectivity index (χ0v) is 35.9. The van der Waals surface area contributed by atoms with Crippen molar-refractivity contribution < 1.29 is 56.8 Å². The van der Waals surface area contributed by atoms with Gasteiger partial charge < -0.3 is 61.7 Å². The van der Waals surface area contributed by atoms with Crippen molar-refractivity contribution in [2.75, 3.05) is 179 Å². The van der Waals surface area contributed by atoms with E-state index in [1.165, 1.54) is 83.5 Å². The number of unbranched alkanes of at least 4 members (excludes halogenated alkanes) is 13. The third-order valence-electron chi connectivity index (χ3n) is 8.42. The maximum Gasteiger partial charge on any atom is 0.0701 e. The number of hydrogen-bond acceptors (Lipinski definition) is 13. The summed E-state index contributed by atoms with van der Waals surface area (Å²) >= 11 is 0. The molecule has 0 N–H and O–H groups in total. The third kappa shape index (κ3) is 53.5. The molecular formula is C42H87NO12. The fraction of sp³-hybridized carbons (Fsp3) is 1.00. The van der Waals surface area contributed by atoms with Crippen molar-refractivity contribution in [3.8, 4) is 0 Å². The van der Waals surface area contributed by atoms with Gasteiger partial charge >= 0.3 is 0 Å². The molecule has 0 rings (SSSR count). The molecule has 0 fully saturated rings. The Morgan fingerprint density at radius 2 is 0.400 bits per heavy atom. The lowest BCUT2D eigenvalue weighted by Crippen LogP contribution is -2.19. The molecule has 0 heterocycles. The van der Waals surface area contributed by atoms with E-state index in [1.807, 2.05) is 14.1 Å². The van der Waals surface area contributed by atoms with Crippen LogP contribution in [0.15, 0.2) is 0 Å². The van der Waals surface area contributed by atoms with Crippen molar-refractivity contribution in [2.24, 2.45) is 0 Å². The smallest absolute Gasteiger partial charge is 0.0701 e. The lowest BCUT2D eigenvalue weighted by Gasteiger charge is -2.10. The maximum atomic E-state index is 5.69. The van der Waals surface area contributed by atoms with Gasteiger partial charge in [0.05, 0.1) is 152 Å². The van der Waals surface area contributed by atoms with E-state index in [2.05, 4.69) is 11.8 Å². The summed E-state index contributed by atoms with van der Waals surface area (Å²) in [6.07, 6.45) is 19.3. The summed E-state index contributed by atoms with van der Waals surface area (Å²) in [7, 11) is 4.05. The molecule has 0 radical (unpaired) electrons. The van der Waals surface area contributed by atoms with Crippen LogP contribution in [0.5, 0.6) is 0 Å². The van der Waals surface area contributed by atoms with Crippen LogP contribution in [-0.2, 0) is 56.8 Å². The quantitative estimate of drug-likeness (QED) is 0.0650. The molecule has 0 saturated carbocycles. The van der Waals surface area contributed by atoms with E-state index in [0.29, 0.717) is 145 Å². The first kappa shape index (κ1) is 54.5. The number of hydrogen-bond donors (Lipinski definition) is 0. The van der Waals surface area contributed by atoms with E-state index in [1.54, 1.807) is 0 Å². The Kier molecular flexibility index (Phi) is 51.0. The van der Waals surface area contributed by atoms with Crippen molar-refractivity contribution in [2.45, 2.75) is 96.8 Å². The Hall–Kier alpha value is -0.520.